The molecule has 0 aliphatic carbocycles. The van der Waals surface area contributed by atoms with Gasteiger partial charge in [0.05, 0.1) is 43.5 Å². The molecule has 1 unspecified atom stereocenters. The van der Waals surface area contributed by atoms with E-state index in [0.29, 0.717) is 31.8 Å². The van der Waals surface area contributed by atoms with Crippen molar-refractivity contribution < 1.29 is 71.1 Å². The highest BCUT2D eigenvalue weighted by molar-refractivity contribution is 8.03. The van der Waals surface area contributed by atoms with E-state index in [0.717, 1.165) is 30.5 Å². The molecule has 2 fully saturated rings. The number of sulfonamides is 2. The molecular weight excluding hydrogens is 1010 g/mol. The van der Waals surface area contributed by atoms with Crippen LogP contribution in [-0.2, 0) is 49.2 Å². The van der Waals surface area contributed by atoms with Crippen molar-refractivity contribution in [3.05, 3.63) is 97.3 Å². The molecule has 19 nitrogen and oxygen atoms in total. The number of hydrogen-bond acceptors (Lipinski definition) is 16. The number of methoxy groups -OCH3 is 2. The largest absolute Gasteiger partial charge is 0.481 e. The van der Waals surface area contributed by atoms with Crippen molar-refractivity contribution in [2.24, 2.45) is 11.8 Å². The Morgan fingerprint density at radius 3 is 1.34 bits per heavy atom. The Labute approximate surface area is 415 Å². The smallest absolute Gasteiger partial charge is 0.410 e. The van der Waals surface area contributed by atoms with Crippen molar-refractivity contribution >= 4 is 51.9 Å². The summed E-state index contributed by atoms with van der Waals surface area (Å²) in [6.45, 7) is 12.3. The van der Waals surface area contributed by atoms with Gasteiger partial charge < -0.3 is 28.7 Å². The first-order valence-corrected chi connectivity index (χ1v) is 28.2. The van der Waals surface area contributed by atoms with E-state index in [-0.39, 0.29) is 59.4 Å². The zero-order valence-corrected chi connectivity index (χ0v) is 43.9. The maximum absolute atomic E-state index is 14.8. The lowest BCUT2D eigenvalue weighted by Gasteiger charge is -2.34. The number of benzene rings is 2. The van der Waals surface area contributed by atoms with Crippen LogP contribution in [0.5, 0.6) is 11.8 Å². The molecule has 2 amide bonds. The predicted octanol–water partition coefficient (Wildman–Crippen LogP) is 7.27. The van der Waals surface area contributed by atoms with Crippen molar-refractivity contribution in [3.8, 4) is 11.8 Å². The Morgan fingerprint density at radius 1 is 0.606 bits per heavy atom. The Morgan fingerprint density at radius 2 is 0.986 bits per heavy atom. The first kappa shape index (κ1) is 58.1. The van der Waals surface area contributed by atoms with Gasteiger partial charge in [-0.05, 0) is 110 Å². The normalized spacial score (nSPS) is 15.8. The van der Waals surface area contributed by atoms with Gasteiger partial charge in [-0.2, -0.15) is 0 Å². The summed E-state index contributed by atoms with van der Waals surface area (Å²) >= 11 is 0. The lowest BCUT2D eigenvalue weighted by atomic mass is 9.98. The summed E-state index contributed by atoms with van der Waals surface area (Å²) < 4.78 is 146. The average molecular weight is 1070 g/mol. The van der Waals surface area contributed by atoms with Crippen LogP contribution < -0.4 is 9.47 Å². The van der Waals surface area contributed by atoms with E-state index in [9.17, 15) is 52.1 Å². The monoisotopic (exact) mass is 1070 g/mol. The minimum atomic E-state index is -4.77. The summed E-state index contributed by atoms with van der Waals surface area (Å²) in [6.07, 6.45) is 3.40. The van der Waals surface area contributed by atoms with Crippen molar-refractivity contribution in [2.75, 3.05) is 46.2 Å². The van der Waals surface area contributed by atoms with Crippen LogP contribution in [0.1, 0.15) is 67.2 Å². The van der Waals surface area contributed by atoms with E-state index in [1.54, 1.807) is 25.7 Å². The molecule has 6 rings (SSSR count). The predicted molar refractivity (Wildman–Crippen MR) is 257 cm³/mol. The number of aromatic nitrogens is 2. The molecule has 0 saturated carbocycles. The molecule has 4 heterocycles. The molecule has 0 spiro atoms. The van der Waals surface area contributed by atoms with Gasteiger partial charge in [0.25, 0.3) is 20.0 Å². The standard InChI is InChI=1S/C17H25FN2O5S.C17H26N2O5S.C12H10FNO4S2/c1-17(2,3)25-16(21)20-9-7-12(8-10-20)15(18)26(22,23)13-5-6-14(24-4)19-11-13;1-17(2,3)24-16(20)19-9-7-13(8-10-19)12-25(21,22)14-5-6-15(23-4)18-11-14;13-14(19(15,16)11-7-3-1-4-8-11)20(17,18)12-9-5-2-6-10-12/h5-6,11-12,15H,7-10H2,1-4H3;5-6,11,13H,7-10,12H2,1-4H3;1-10H. The number of rotatable bonds is 12. The van der Waals surface area contributed by atoms with E-state index >= 15 is 0 Å². The van der Waals surface area contributed by atoms with Crippen LogP contribution in [0, 0.1) is 11.8 Å². The number of alkyl halides is 1. The number of piperidine rings is 2. The van der Waals surface area contributed by atoms with Gasteiger partial charge in [0, 0.05) is 56.6 Å². The molecule has 1 atom stereocenters. The average Bonchev–Trinajstić information content (AvgIpc) is 3.33. The van der Waals surface area contributed by atoms with E-state index < -0.39 is 82.2 Å². The van der Waals surface area contributed by atoms with E-state index in [1.165, 1.54) is 86.0 Å². The molecule has 392 valence electrons. The molecule has 25 heteroatoms. The number of sulfone groups is 2. The van der Waals surface area contributed by atoms with E-state index in [2.05, 4.69) is 9.97 Å². The van der Waals surface area contributed by atoms with Crippen LogP contribution in [0.25, 0.3) is 0 Å². The summed E-state index contributed by atoms with van der Waals surface area (Å²) in [5.74, 6) is 0.0321. The number of pyridine rings is 2. The Balaban J connectivity index is 0.000000233. The Kier molecular flexibility index (Phi) is 19.9. The molecule has 0 radical (unpaired) electrons. The third kappa shape index (κ3) is 16.5. The highest BCUT2D eigenvalue weighted by Crippen LogP contribution is 2.31. The first-order chi connectivity index (χ1) is 33.0. The van der Waals surface area contributed by atoms with Gasteiger partial charge in [0.2, 0.25) is 27.1 Å². The number of carbonyl (C=O) groups is 2. The minimum absolute atomic E-state index is 0.0192. The van der Waals surface area contributed by atoms with Crippen LogP contribution in [0.15, 0.2) is 117 Å². The summed E-state index contributed by atoms with van der Waals surface area (Å²) in [5.41, 5.74) is -3.18. The number of carbonyl (C=O) groups excluding carboxylic acids is 2. The molecule has 2 aromatic carbocycles. The third-order valence-electron chi connectivity index (χ3n) is 10.6. The molecule has 0 bridgehead atoms. The van der Waals surface area contributed by atoms with Crippen molar-refractivity contribution in [1.82, 2.24) is 23.7 Å². The van der Waals surface area contributed by atoms with Gasteiger partial charge in [-0.25, -0.2) is 57.6 Å². The maximum atomic E-state index is 14.8. The number of ether oxygens (including phenoxy) is 4. The van der Waals surface area contributed by atoms with Crippen molar-refractivity contribution in [1.29, 1.82) is 0 Å². The quantitative estimate of drug-likeness (QED) is 0.127. The van der Waals surface area contributed by atoms with Gasteiger partial charge in [-0.3, -0.25) is 0 Å². The second-order valence-corrected chi connectivity index (χ2v) is 26.0. The summed E-state index contributed by atoms with van der Waals surface area (Å²) in [7, 11) is -14.2. The van der Waals surface area contributed by atoms with Crippen LogP contribution in [0.3, 0.4) is 0 Å². The fourth-order valence-electron chi connectivity index (χ4n) is 6.88. The number of amides is 2. The van der Waals surface area contributed by atoms with Crippen LogP contribution in [0.4, 0.5) is 18.5 Å². The minimum Gasteiger partial charge on any atom is -0.481 e. The Bertz CT molecular complexity index is 2750. The van der Waals surface area contributed by atoms with E-state index in [1.807, 2.05) is 20.8 Å². The van der Waals surface area contributed by atoms with Gasteiger partial charge in [0.15, 0.2) is 9.84 Å². The number of nitrogens with zero attached hydrogens (tertiary/aromatic N) is 5. The van der Waals surface area contributed by atoms with Crippen molar-refractivity contribution in [2.45, 2.75) is 104 Å². The second-order valence-electron chi connectivity index (χ2n) is 18.3. The fraction of sp³-hybridized carbons (Fsp3) is 0.478. The fourth-order valence-corrected chi connectivity index (χ4v) is 12.9. The molecule has 71 heavy (non-hydrogen) atoms. The lowest BCUT2D eigenvalue weighted by Crippen LogP contribution is -2.44. The van der Waals surface area contributed by atoms with Gasteiger partial charge in [-0.1, -0.05) is 36.4 Å². The molecule has 2 saturated heterocycles. The number of hydrogen-bond donors (Lipinski definition) is 0. The van der Waals surface area contributed by atoms with Gasteiger partial charge in [0.1, 0.15) is 11.2 Å². The summed E-state index contributed by atoms with van der Waals surface area (Å²) in [6, 6.07) is 18.7. The summed E-state index contributed by atoms with van der Waals surface area (Å²) in [4.78, 5) is 34.1. The second kappa shape index (κ2) is 24.3. The van der Waals surface area contributed by atoms with Gasteiger partial charge in [-0.15, -0.1) is 4.48 Å². The first-order valence-electron chi connectivity index (χ1n) is 22.1. The van der Waals surface area contributed by atoms with E-state index in [4.69, 9.17) is 18.9 Å². The molecular formula is C46H61F2N5O14S4. The number of halogens is 2. The molecule has 4 aromatic rings. The third-order valence-corrected chi connectivity index (χ3v) is 18.0. The maximum Gasteiger partial charge on any atom is 0.410 e. The van der Waals surface area contributed by atoms with Gasteiger partial charge >= 0.3 is 12.2 Å². The zero-order valence-electron chi connectivity index (χ0n) is 40.7. The summed E-state index contributed by atoms with van der Waals surface area (Å²) in [5, 5.41) is 0. The Hall–Kier alpha value is -5.50. The van der Waals surface area contributed by atoms with Crippen LogP contribution in [-0.4, -0.2) is 132 Å². The van der Waals surface area contributed by atoms with Crippen molar-refractivity contribution in [3.63, 3.8) is 0 Å². The topological polar surface area (TPSA) is 243 Å². The lowest BCUT2D eigenvalue weighted by molar-refractivity contribution is 0.0163. The number of likely N-dealkylation sites (tertiary alicyclic amines) is 2. The molecule has 2 aliphatic rings. The highest BCUT2D eigenvalue weighted by Gasteiger charge is 2.39. The molecule has 2 aliphatic heterocycles. The SMILES string of the molecule is COc1ccc(S(=O)(=O)C(F)C2CCN(C(=O)OC(C)(C)C)CC2)cn1.COc1ccc(S(=O)(=O)CC2CCN(C(=O)OC(C)(C)C)CC2)cn1.O=S(=O)(c1ccccc1)N(F)S(=O)(=O)c1ccccc1. The van der Waals surface area contributed by atoms with Crippen LogP contribution >= 0.6 is 0 Å². The van der Waals surface area contributed by atoms with Crippen LogP contribution in [0.2, 0.25) is 0 Å². The zero-order chi connectivity index (χ0) is 53.0. The molecule has 0 N–H and O–H groups in total. The highest BCUT2D eigenvalue weighted by atomic mass is 32.3. The molecule has 2 aromatic heterocycles.